The zero-order valence-corrected chi connectivity index (χ0v) is 27.4. The van der Waals surface area contributed by atoms with Crippen LogP contribution in [0.5, 0.6) is 0 Å². The van der Waals surface area contributed by atoms with Gasteiger partial charge in [0, 0.05) is 48.2 Å². The molecule has 2 saturated carbocycles. The largest absolute Gasteiger partial charge is 0.385 e. The van der Waals surface area contributed by atoms with Crippen molar-refractivity contribution in [3.05, 3.63) is 88.6 Å². The van der Waals surface area contributed by atoms with Gasteiger partial charge in [-0.25, -0.2) is 0 Å². The predicted molar refractivity (Wildman–Crippen MR) is 182 cm³/mol. The van der Waals surface area contributed by atoms with Crippen molar-refractivity contribution in [2.45, 2.75) is 88.8 Å². The number of nitrogens with one attached hydrogen (secondary N) is 4. The van der Waals surface area contributed by atoms with Crippen LogP contribution in [0.25, 0.3) is 5.70 Å². The summed E-state index contributed by atoms with van der Waals surface area (Å²) in [6.07, 6.45) is 6.06. The highest BCUT2D eigenvalue weighted by Gasteiger charge is 2.54. The molecule has 2 unspecified atom stereocenters. The Hall–Kier alpha value is -4.49. The Balaban J connectivity index is 1.61. The summed E-state index contributed by atoms with van der Waals surface area (Å²) in [4.78, 5) is 15.1. The highest BCUT2D eigenvalue weighted by atomic mass is 16.1. The third-order valence-electron chi connectivity index (χ3n) is 9.76. The van der Waals surface area contributed by atoms with Gasteiger partial charge < -0.3 is 26.6 Å². The Morgan fingerprint density at radius 3 is 2.24 bits per heavy atom. The number of rotatable bonds is 15. The number of carbonyl (C=O) groups excluding carboxylic acids is 1. The predicted octanol–water partition coefficient (Wildman–Crippen LogP) is 5.11. The number of nitriles is 1. The van der Waals surface area contributed by atoms with E-state index in [1.165, 1.54) is 0 Å². The van der Waals surface area contributed by atoms with Gasteiger partial charge in [0.05, 0.1) is 11.5 Å². The highest BCUT2D eigenvalue weighted by Crippen LogP contribution is 2.52. The minimum absolute atomic E-state index is 0.115. The van der Waals surface area contributed by atoms with Gasteiger partial charge in [-0.2, -0.15) is 10.8 Å². The van der Waals surface area contributed by atoms with Gasteiger partial charge in [-0.05, 0) is 112 Å². The molecule has 0 aromatic heterocycles. The summed E-state index contributed by atoms with van der Waals surface area (Å²) in [5.41, 5.74) is 21.0. The number of amides is 1. The van der Waals surface area contributed by atoms with E-state index in [2.05, 4.69) is 68.6 Å². The summed E-state index contributed by atoms with van der Waals surface area (Å²) in [5.74, 6) is 0.135. The molecule has 10 nitrogen and oxygen atoms in total. The number of carbonyl (C=O) groups is 1. The maximum atomic E-state index is 12.9. The highest BCUT2D eigenvalue weighted by molar-refractivity contribution is 5.98. The van der Waals surface area contributed by atoms with Crippen LogP contribution in [0.4, 0.5) is 0 Å². The molecule has 242 valence electrons. The Bertz CT molecular complexity index is 1530. The molecular formula is C36H47N9O. The molecule has 5 rings (SSSR count). The van der Waals surface area contributed by atoms with Crippen LogP contribution >= 0.6 is 0 Å². The van der Waals surface area contributed by atoms with Gasteiger partial charge >= 0.3 is 0 Å². The molecule has 2 fully saturated rings. The molecule has 0 aliphatic heterocycles. The molecule has 46 heavy (non-hydrogen) atoms. The Morgan fingerprint density at radius 2 is 1.70 bits per heavy atom. The molecule has 0 bridgehead atoms. The number of aryl methyl sites for hydroxylation is 2. The second-order valence-corrected chi connectivity index (χ2v) is 12.9. The zero-order valence-electron chi connectivity index (χ0n) is 27.4. The van der Waals surface area contributed by atoms with Crippen molar-refractivity contribution in [1.82, 2.24) is 20.9 Å². The van der Waals surface area contributed by atoms with E-state index in [9.17, 15) is 10.1 Å². The van der Waals surface area contributed by atoms with Crippen LogP contribution < -0.4 is 21.7 Å². The molecular weight excluding hydrogens is 574 g/mol. The average molecular weight is 622 g/mol. The van der Waals surface area contributed by atoms with Crippen molar-refractivity contribution < 1.29 is 4.79 Å². The molecule has 2 aromatic carbocycles. The lowest BCUT2D eigenvalue weighted by Gasteiger charge is -2.39. The van der Waals surface area contributed by atoms with Crippen LogP contribution in [0.3, 0.4) is 0 Å². The number of benzene rings is 2. The fourth-order valence-corrected chi connectivity index (χ4v) is 7.17. The number of nitrogens with zero attached hydrogens (tertiary/aromatic N) is 4. The Labute approximate surface area is 272 Å². The van der Waals surface area contributed by atoms with Gasteiger partial charge in [0.2, 0.25) is 0 Å². The third kappa shape index (κ3) is 6.42. The first-order chi connectivity index (χ1) is 22.1. The van der Waals surface area contributed by atoms with Crippen molar-refractivity contribution in [2.24, 2.45) is 16.1 Å². The molecule has 3 aliphatic carbocycles. The molecule has 10 heteroatoms. The van der Waals surface area contributed by atoms with E-state index in [-0.39, 0.29) is 23.3 Å². The lowest BCUT2D eigenvalue weighted by molar-refractivity contribution is 0.0955. The summed E-state index contributed by atoms with van der Waals surface area (Å²) in [6.45, 7) is 16.4. The zero-order chi connectivity index (χ0) is 33.1. The standard InChI is InChI=1S/C36H47N9O/c1-6-40-25(5)26-10-14-31-27(18-26)8-9-28-19-29(33(46)41-7-2)11-15-32(28)36(31,34(38)43-44-39)22-35(16-17-35)42-21-24(4)45(23(3)20-37)30-12-13-30/h10-11,14-15,18-19,23,30,40,42H,4-9,12-13,16-17,21-22H2,1-3H3,(H,41,46)(H3,38,39,43). The van der Waals surface area contributed by atoms with Gasteiger partial charge in [-0.3, -0.25) is 4.79 Å². The molecule has 0 radical (unpaired) electrons. The van der Waals surface area contributed by atoms with Gasteiger partial charge in [0.1, 0.15) is 11.9 Å². The van der Waals surface area contributed by atoms with Crippen molar-refractivity contribution in [3.8, 4) is 6.07 Å². The van der Waals surface area contributed by atoms with Crippen molar-refractivity contribution in [1.29, 1.82) is 10.8 Å². The minimum Gasteiger partial charge on any atom is -0.385 e. The first kappa shape index (κ1) is 32.9. The lowest BCUT2D eigenvalue weighted by Crippen LogP contribution is -2.50. The van der Waals surface area contributed by atoms with E-state index < -0.39 is 5.41 Å². The minimum atomic E-state index is -0.912. The summed E-state index contributed by atoms with van der Waals surface area (Å²) < 4.78 is 0. The normalized spacial score (nSPS) is 20.2. The molecule has 0 saturated heterocycles. The average Bonchev–Trinajstić information content (AvgIpc) is 3.99. The molecule has 0 spiro atoms. The Morgan fingerprint density at radius 1 is 1.09 bits per heavy atom. The summed E-state index contributed by atoms with van der Waals surface area (Å²) in [6, 6.07) is 14.8. The summed E-state index contributed by atoms with van der Waals surface area (Å²) in [5, 5.41) is 27.4. The van der Waals surface area contributed by atoms with Crippen LogP contribution in [0, 0.1) is 16.9 Å². The first-order valence-electron chi connectivity index (χ1n) is 16.4. The molecule has 2 atom stereocenters. The number of amidine groups is 1. The van der Waals surface area contributed by atoms with Gasteiger partial charge in [-0.15, -0.1) is 5.10 Å². The molecule has 3 aliphatic rings. The second kappa shape index (κ2) is 13.5. The van der Waals surface area contributed by atoms with E-state index in [1.54, 1.807) is 0 Å². The monoisotopic (exact) mass is 621 g/mol. The number of fused-ring (bicyclic) bond motifs is 2. The summed E-state index contributed by atoms with van der Waals surface area (Å²) >= 11 is 0. The first-order valence-corrected chi connectivity index (χ1v) is 16.4. The molecule has 0 heterocycles. The SMILES string of the molecule is C=C(NCC)c1ccc2c(c1)CCc1cc(C(=O)NCC)ccc1C2(CC1(NCC(=C)N(C(C)C#N)C2CC2)CC1)/C(N)=N/N=N. The fourth-order valence-electron chi connectivity index (χ4n) is 7.17. The van der Waals surface area contributed by atoms with Crippen LogP contribution in [0.2, 0.25) is 0 Å². The molecule has 6 N–H and O–H groups in total. The van der Waals surface area contributed by atoms with Crippen molar-refractivity contribution in [3.63, 3.8) is 0 Å². The van der Waals surface area contributed by atoms with Crippen LogP contribution in [0.15, 0.2) is 65.6 Å². The van der Waals surface area contributed by atoms with Crippen molar-refractivity contribution >= 4 is 17.4 Å². The van der Waals surface area contributed by atoms with E-state index in [1.807, 2.05) is 39.0 Å². The number of hydrogen-bond donors (Lipinski definition) is 5. The van der Waals surface area contributed by atoms with E-state index in [0.717, 1.165) is 77.9 Å². The smallest absolute Gasteiger partial charge is 0.251 e. The lowest BCUT2D eigenvalue weighted by atomic mass is 9.66. The van der Waals surface area contributed by atoms with Crippen molar-refractivity contribution in [2.75, 3.05) is 19.6 Å². The topological polar surface area (TPSA) is 155 Å². The number of hydrogen-bond acceptors (Lipinski definition) is 7. The Kier molecular flexibility index (Phi) is 9.63. The van der Waals surface area contributed by atoms with Gasteiger partial charge in [0.25, 0.3) is 5.91 Å². The fraction of sp³-hybridized carbons (Fsp3) is 0.472. The number of nitrogens with two attached hydrogens (primary N) is 1. The second-order valence-electron chi connectivity index (χ2n) is 12.9. The van der Waals surface area contributed by atoms with Crippen LogP contribution in [-0.2, 0) is 18.3 Å². The molecule has 1 amide bonds. The van der Waals surface area contributed by atoms with E-state index >= 15 is 0 Å². The third-order valence-corrected chi connectivity index (χ3v) is 9.76. The van der Waals surface area contributed by atoms with E-state index in [0.29, 0.717) is 37.5 Å². The van der Waals surface area contributed by atoms with E-state index in [4.69, 9.17) is 11.3 Å². The molecule has 2 aromatic rings. The van der Waals surface area contributed by atoms with Crippen LogP contribution in [-0.4, -0.2) is 53.9 Å². The quantitative estimate of drug-likeness (QED) is 0.0806. The maximum absolute atomic E-state index is 12.9. The summed E-state index contributed by atoms with van der Waals surface area (Å²) in [7, 11) is 0. The van der Waals surface area contributed by atoms with Crippen LogP contribution in [0.1, 0.15) is 91.1 Å². The van der Waals surface area contributed by atoms with Gasteiger partial charge in [-0.1, -0.05) is 36.6 Å². The van der Waals surface area contributed by atoms with Gasteiger partial charge in [0.15, 0.2) is 0 Å². The maximum Gasteiger partial charge on any atom is 0.251 e.